The van der Waals surface area contributed by atoms with Crippen molar-refractivity contribution in [1.29, 1.82) is 0 Å². The Morgan fingerprint density at radius 3 is 2.79 bits per heavy atom. The van der Waals surface area contributed by atoms with Crippen molar-refractivity contribution in [1.82, 2.24) is 4.98 Å². The lowest BCUT2D eigenvalue weighted by Crippen LogP contribution is -2.38. The first-order valence-corrected chi connectivity index (χ1v) is 10.7. The number of hydrogen-bond acceptors (Lipinski definition) is 4. The number of carbonyl (C=O) groups excluding carboxylic acids is 1. The first-order chi connectivity index (χ1) is 13.5. The average molecular weight is 395 g/mol. The quantitative estimate of drug-likeness (QED) is 0.613. The molecule has 0 spiro atoms. The summed E-state index contributed by atoms with van der Waals surface area (Å²) in [6.45, 7) is 7.56. The molecule has 1 aliphatic rings. The topological polar surface area (TPSA) is 42.4 Å². The molecule has 1 fully saturated rings. The van der Waals surface area contributed by atoms with Crippen LogP contribution in [0.5, 0.6) is 0 Å². The molecule has 1 amide bonds. The van der Waals surface area contributed by atoms with Gasteiger partial charge in [0.05, 0.1) is 29.3 Å². The van der Waals surface area contributed by atoms with E-state index in [4.69, 9.17) is 9.72 Å². The van der Waals surface area contributed by atoms with E-state index in [1.807, 2.05) is 11.0 Å². The maximum absolute atomic E-state index is 13.3. The van der Waals surface area contributed by atoms with E-state index in [0.717, 1.165) is 51.5 Å². The summed E-state index contributed by atoms with van der Waals surface area (Å²) in [5.74, 6) is 0.0826. The number of thiazole rings is 1. The number of anilines is 1. The molecule has 2 aromatic carbocycles. The van der Waals surface area contributed by atoms with Gasteiger partial charge in [-0.15, -0.1) is 0 Å². The van der Waals surface area contributed by atoms with Crippen LogP contribution in [-0.2, 0) is 16.0 Å². The molecular weight excluding hydrogens is 368 g/mol. The molecule has 4 nitrogen and oxygen atoms in total. The molecule has 0 saturated carbocycles. The third-order valence-corrected chi connectivity index (χ3v) is 6.43. The number of nitrogens with zero attached hydrogens (tertiary/aromatic N) is 2. The third-order valence-electron chi connectivity index (χ3n) is 5.39. The van der Waals surface area contributed by atoms with Gasteiger partial charge in [-0.3, -0.25) is 9.69 Å². The SMILES string of the molecule is Cc1ccc(CC(=O)N(CC2CCCO2)c2nc3c(C)cccc3s2)c(C)c1. The van der Waals surface area contributed by atoms with Gasteiger partial charge in [0.1, 0.15) is 0 Å². The van der Waals surface area contributed by atoms with Crippen LogP contribution < -0.4 is 4.90 Å². The molecular formula is C23H26N2O2S. The maximum atomic E-state index is 13.3. The lowest BCUT2D eigenvalue weighted by Gasteiger charge is -2.23. The second kappa shape index (κ2) is 8.02. The standard InChI is InChI=1S/C23H26N2O2S/c1-15-9-10-18(17(3)12-15)13-21(26)25(14-19-7-5-11-27-19)23-24-22-16(2)6-4-8-20(22)28-23/h4,6,8-10,12,19H,5,7,11,13-14H2,1-3H3. The average Bonchev–Trinajstić information content (AvgIpc) is 3.32. The molecule has 0 bridgehead atoms. The zero-order valence-electron chi connectivity index (χ0n) is 16.7. The number of rotatable bonds is 5. The molecule has 2 heterocycles. The first-order valence-electron chi connectivity index (χ1n) is 9.85. The number of benzene rings is 2. The first kappa shape index (κ1) is 19.1. The molecule has 3 aromatic rings. The number of aryl methyl sites for hydroxylation is 3. The van der Waals surface area contributed by atoms with Gasteiger partial charge in [0.15, 0.2) is 5.13 Å². The van der Waals surface area contributed by atoms with Gasteiger partial charge < -0.3 is 4.74 Å². The van der Waals surface area contributed by atoms with Crippen molar-refractivity contribution in [3.05, 3.63) is 58.7 Å². The van der Waals surface area contributed by atoms with E-state index in [1.165, 1.54) is 5.56 Å². The Bertz CT molecular complexity index is 1010. The molecule has 4 rings (SSSR count). The van der Waals surface area contributed by atoms with Crippen molar-refractivity contribution >= 4 is 32.6 Å². The summed E-state index contributed by atoms with van der Waals surface area (Å²) in [6, 6.07) is 12.4. The van der Waals surface area contributed by atoms with Crippen LogP contribution in [0.3, 0.4) is 0 Å². The largest absolute Gasteiger partial charge is 0.376 e. The van der Waals surface area contributed by atoms with E-state index in [0.29, 0.717) is 13.0 Å². The van der Waals surface area contributed by atoms with Crippen molar-refractivity contribution in [3.8, 4) is 0 Å². The maximum Gasteiger partial charge on any atom is 0.233 e. The zero-order valence-corrected chi connectivity index (χ0v) is 17.5. The Balaban J connectivity index is 1.65. The van der Waals surface area contributed by atoms with E-state index < -0.39 is 0 Å². The molecule has 5 heteroatoms. The Morgan fingerprint density at radius 2 is 2.07 bits per heavy atom. The van der Waals surface area contributed by atoms with Gasteiger partial charge in [0.2, 0.25) is 5.91 Å². The fraction of sp³-hybridized carbons (Fsp3) is 0.391. The van der Waals surface area contributed by atoms with E-state index in [1.54, 1.807) is 11.3 Å². The third kappa shape index (κ3) is 3.96. The fourth-order valence-electron chi connectivity index (χ4n) is 3.77. The number of ether oxygens (including phenoxy) is 1. The molecule has 0 aliphatic carbocycles. The predicted molar refractivity (Wildman–Crippen MR) is 115 cm³/mol. The second-order valence-corrected chi connectivity index (χ2v) is 8.67. The summed E-state index contributed by atoms with van der Waals surface area (Å²) < 4.78 is 6.94. The summed E-state index contributed by atoms with van der Waals surface area (Å²) in [7, 11) is 0. The van der Waals surface area contributed by atoms with Gasteiger partial charge >= 0.3 is 0 Å². The summed E-state index contributed by atoms with van der Waals surface area (Å²) >= 11 is 1.59. The molecule has 1 atom stereocenters. The second-order valence-electron chi connectivity index (χ2n) is 7.66. The van der Waals surface area contributed by atoms with E-state index in [9.17, 15) is 4.79 Å². The highest BCUT2D eigenvalue weighted by atomic mass is 32.1. The van der Waals surface area contributed by atoms with Crippen LogP contribution in [0.1, 0.15) is 35.1 Å². The smallest absolute Gasteiger partial charge is 0.233 e. The predicted octanol–water partition coefficient (Wildman–Crippen LogP) is 4.98. The van der Waals surface area contributed by atoms with Gasteiger partial charge in [0.25, 0.3) is 0 Å². The van der Waals surface area contributed by atoms with Crippen molar-refractivity contribution in [2.24, 2.45) is 0 Å². The minimum atomic E-state index is 0.0826. The number of aromatic nitrogens is 1. The number of fused-ring (bicyclic) bond motifs is 1. The summed E-state index contributed by atoms with van der Waals surface area (Å²) in [5.41, 5.74) is 5.57. The summed E-state index contributed by atoms with van der Waals surface area (Å²) in [4.78, 5) is 20.0. The Hall–Kier alpha value is -2.24. The Kier molecular flexibility index (Phi) is 5.47. The van der Waals surface area contributed by atoms with Crippen LogP contribution in [0, 0.1) is 20.8 Å². The number of hydrogen-bond donors (Lipinski definition) is 0. The molecule has 0 N–H and O–H groups in total. The molecule has 28 heavy (non-hydrogen) atoms. The van der Waals surface area contributed by atoms with Crippen LogP contribution >= 0.6 is 11.3 Å². The van der Waals surface area contributed by atoms with Crippen molar-refractivity contribution in [2.45, 2.75) is 46.1 Å². The van der Waals surface area contributed by atoms with Crippen LogP contribution in [0.2, 0.25) is 0 Å². The minimum absolute atomic E-state index is 0.0826. The monoisotopic (exact) mass is 394 g/mol. The number of amides is 1. The van der Waals surface area contributed by atoms with Crippen LogP contribution in [-0.4, -0.2) is 30.1 Å². The molecule has 1 aromatic heterocycles. The van der Waals surface area contributed by atoms with Crippen molar-refractivity contribution in [3.63, 3.8) is 0 Å². The van der Waals surface area contributed by atoms with Crippen LogP contribution in [0.4, 0.5) is 5.13 Å². The van der Waals surface area contributed by atoms with Crippen molar-refractivity contribution < 1.29 is 9.53 Å². The fourth-order valence-corrected chi connectivity index (χ4v) is 4.84. The summed E-state index contributed by atoms with van der Waals surface area (Å²) in [6.07, 6.45) is 2.53. The van der Waals surface area contributed by atoms with Gasteiger partial charge in [-0.2, -0.15) is 0 Å². The van der Waals surface area contributed by atoms with Crippen LogP contribution in [0.25, 0.3) is 10.2 Å². The number of carbonyl (C=O) groups is 1. The molecule has 1 aliphatic heterocycles. The van der Waals surface area contributed by atoms with Gasteiger partial charge in [-0.05, 0) is 56.4 Å². The highest BCUT2D eigenvalue weighted by Crippen LogP contribution is 2.32. The molecule has 1 saturated heterocycles. The van der Waals surface area contributed by atoms with E-state index in [2.05, 4.69) is 51.1 Å². The Morgan fingerprint density at radius 1 is 1.21 bits per heavy atom. The van der Waals surface area contributed by atoms with Gasteiger partial charge in [-0.25, -0.2) is 4.98 Å². The lowest BCUT2D eigenvalue weighted by atomic mass is 10.0. The van der Waals surface area contributed by atoms with Gasteiger partial charge in [-0.1, -0.05) is 47.2 Å². The minimum Gasteiger partial charge on any atom is -0.376 e. The zero-order chi connectivity index (χ0) is 19.7. The Labute approximate surface area is 170 Å². The number of para-hydroxylation sites is 1. The summed E-state index contributed by atoms with van der Waals surface area (Å²) in [5, 5.41) is 0.773. The van der Waals surface area contributed by atoms with E-state index >= 15 is 0 Å². The van der Waals surface area contributed by atoms with Crippen molar-refractivity contribution in [2.75, 3.05) is 18.1 Å². The normalized spacial score (nSPS) is 16.6. The molecule has 1 unspecified atom stereocenters. The van der Waals surface area contributed by atoms with Crippen LogP contribution in [0.15, 0.2) is 36.4 Å². The molecule has 146 valence electrons. The van der Waals surface area contributed by atoms with E-state index in [-0.39, 0.29) is 12.0 Å². The highest BCUT2D eigenvalue weighted by molar-refractivity contribution is 7.22. The highest BCUT2D eigenvalue weighted by Gasteiger charge is 2.26. The molecule has 0 radical (unpaired) electrons. The van der Waals surface area contributed by atoms with Gasteiger partial charge in [0, 0.05) is 6.61 Å². The lowest BCUT2D eigenvalue weighted by molar-refractivity contribution is -0.118.